The average molecular weight is 279 g/mol. The van der Waals surface area contributed by atoms with Gasteiger partial charge >= 0.3 is 0 Å². The number of nitrogens with one attached hydrogen (secondary N) is 1. The molecule has 1 aromatic heterocycles. The van der Waals surface area contributed by atoms with E-state index < -0.39 is 0 Å². The molecule has 5 heteroatoms. The van der Waals surface area contributed by atoms with E-state index in [0.29, 0.717) is 18.0 Å². The summed E-state index contributed by atoms with van der Waals surface area (Å²) < 4.78 is 12.7. The number of carbonyl (C=O) groups is 1. The van der Waals surface area contributed by atoms with Gasteiger partial charge in [-0.15, -0.1) is 0 Å². The third-order valence-electron chi connectivity index (χ3n) is 2.59. The molecule has 0 aliphatic rings. The number of nitrogens with zero attached hydrogens (tertiary/aromatic N) is 1. The van der Waals surface area contributed by atoms with Gasteiger partial charge in [0.15, 0.2) is 0 Å². The van der Waals surface area contributed by atoms with Gasteiger partial charge in [0.1, 0.15) is 11.5 Å². The Hall–Kier alpha value is -1.94. The molecule has 98 valence electrons. The van der Waals surface area contributed by atoms with Crippen LogP contribution in [0.4, 0.5) is 4.39 Å². The van der Waals surface area contributed by atoms with Gasteiger partial charge in [-0.1, -0.05) is 23.7 Å². The number of amides is 1. The fraction of sp³-hybridized carbons (Fsp3) is 0.143. The van der Waals surface area contributed by atoms with Crippen LogP contribution in [0, 0.1) is 5.82 Å². The average Bonchev–Trinajstić information content (AvgIpc) is 2.41. The van der Waals surface area contributed by atoms with Crippen molar-refractivity contribution in [3.63, 3.8) is 0 Å². The topological polar surface area (TPSA) is 42.0 Å². The number of carbonyl (C=O) groups excluding carboxylic acids is 1. The van der Waals surface area contributed by atoms with Crippen LogP contribution in [-0.2, 0) is 6.42 Å². The smallest absolute Gasteiger partial charge is 0.271 e. The second-order valence-electron chi connectivity index (χ2n) is 3.97. The quantitative estimate of drug-likeness (QED) is 0.934. The normalized spacial score (nSPS) is 10.2. The van der Waals surface area contributed by atoms with Crippen LogP contribution >= 0.6 is 11.6 Å². The van der Waals surface area contributed by atoms with Gasteiger partial charge < -0.3 is 5.32 Å². The lowest BCUT2D eigenvalue weighted by Gasteiger charge is -2.06. The number of hydrogen-bond acceptors (Lipinski definition) is 2. The van der Waals surface area contributed by atoms with E-state index in [4.69, 9.17) is 11.6 Å². The predicted molar refractivity (Wildman–Crippen MR) is 71.7 cm³/mol. The number of halogens is 2. The molecule has 2 rings (SSSR count). The second-order valence-corrected chi connectivity index (χ2v) is 4.37. The van der Waals surface area contributed by atoms with Crippen LogP contribution in [0.5, 0.6) is 0 Å². The maximum Gasteiger partial charge on any atom is 0.271 e. The largest absolute Gasteiger partial charge is 0.350 e. The summed E-state index contributed by atoms with van der Waals surface area (Å²) in [5, 5.41) is 3.04. The molecule has 0 aliphatic heterocycles. The van der Waals surface area contributed by atoms with Crippen LogP contribution < -0.4 is 5.32 Å². The van der Waals surface area contributed by atoms with Gasteiger partial charge in [-0.25, -0.2) is 9.37 Å². The number of hydrogen-bond donors (Lipinski definition) is 1. The Morgan fingerprint density at radius 3 is 2.68 bits per heavy atom. The summed E-state index contributed by atoms with van der Waals surface area (Å²) >= 11 is 5.87. The summed E-state index contributed by atoms with van der Waals surface area (Å²) in [6, 6.07) is 9.45. The molecule has 1 N–H and O–H groups in total. The van der Waals surface area contributed by atoms with Gasteiger partial charge in [0.2, 0.25) is 0 Å². The van der Waals surface area contributed by atoms with Crippen LogP contribution in [0.2, 0.25) is 5.02 Å². The zero-order valence-corrected chi connectivity index (χ0v) is 10.8. The summed E-state index contributed by atoms with van der Waals surface area (Å²) in [6.45, 7) is 0.442. The molecule has 1 aromatic carbocycles. The lowest BCUT2D eigenvalue weighted by Crippen LogP contribution is -2.26. The first-order valence-electron chi connectivity index (χ1n) is 5.80. The lowest BCUT2D eigenvalue weighted by atomic mass is 10.1. The Labute approximate surface area is 115 Å². The van der Waals surface area contributed by atoms with Gasteiger partial charge in [0.25, 0.3) is 5.91 Å². The SMILES string of the molecule is O=C(NCCc1ccc(F)cc1)c1ncccc1Cl. The Morgan fingerprint density at radius 2 is 2.00 bits per heavy atom. The van der Waals surface area contributed by atoms with E-state index in [-0.39, 0.29) is 17.4 Å². The minimum atomic E-state index is -0.312. The molecule has 0 saturated heterocycles. The zero-order chi connectivity index (χ0) is 13.7. The molecule has 0 radical (unpaired) electrons. The van der Waals surface area contributed by atoms with Crippen molar-refractivity contribution in [3.05, 3.63) is 64.7 Å². The summed E-state index contributed by atoms with van der Waals surface area (Å²) in [7, 11) is 0. The fourth-order valence-electron chi connectivity index (χ4n) is 1.61. The number of pyridine rings is 1. The molecule has 0 aliphatic carbocycles. The molecule has 1 heterocycles. The molecule has 19 heavy (non-hydrogen) atoms. The third kappa shape index (κ3) is 3.76. The van der Waals surface area contributed by atoms with Crippen LogP contribution in [0.1, 0.15) is 16.1 Å². The first-order chi connectivity index (χ1) is 9.16. The van der Waals surface area contributed by atoms with Crippen molar-refractivity contribution < 1.29 is 9.18 Å². The molecule has 0 bridgehead atoms. The summed E-state index contributed by atoms with van der Waals surface area (Å²) in [4.78, 5) is 15.7. The van der Waals surface area contributed by atoms with Gasteiger partial charge in [0, 0.05) is 12.7 Å². The van der Waals surface area contributed by atoms with Crippen molar-refractivity contribution in [1.29, 1.82) is 0 Å². The number of rotatable bonds is 4. The first-order valence-corrected chi connectivity index (χ1v) is 6.18. The van der Waals surface area contributed by atoms with Gasteiger partial charge in [-0.05, 0) is 36.2 Å². The molecule has 0 fully saturated rings. The fourth-order valence-corrected chi connectivity index (χ4v) is 1.82. The first kappa shape index (κ1) is 13.5. The molecule has 3 nitrogen and oxygen atoms in total. The summed E-state index contributed by atoms with van der Waals surface area (Å²) in [6.07, 6.45) is 2.14. The highest BCUT2D eigenvalue weighted by molar-refractivity contribution is 6.33. The van der Waals surface area contributed by atoms with Gasteiger partial charge in [0.05, 0.1) is 5.02 Å². The highest BCUT2D eigenvalue weighted by Gasteiger charge is 2.10. The predicted octanol–water partition coefficient (Wildman–Crippen LogP) is 2.85. The van der Waals surface area contributed by atoms with Gasteiger partial charge in [-0.2, -0.15) is 0 Å². The van der Waals surface area contributed by atoms with Crippen molar-refractivity contribution in [2.75, 3.05) is 6.54 Å². The van der Waals surface area contributed by atoms with Crippen molar-refractivity contribution >= 4 is 17.5 Å². The maximum absolute atomic E-state index is 12.7. The Balaban J connectivity index is 1.88. The molecule has 0 spiro atoms. The van der Waals surface area contributed by atoms with E-state index in [9.17, 15) is 9.18 Å². The van der Waals surface area contributed by atoms with E-state index in [1.54, 1.807) is 24.3 Å². The molecular formula is C14H12ClFN2O. The zero-order valence-electron chi connectivity index (χ0n) is 10.1. The van der Waals surface area contributed by atoms with Crippen LogP contribution in [-0.4, -0.2) is 17.4 Å². The molecule has 1 amide bonds. The van der Waals surface area contributed by atoms with E-state index in [2.05, 4.69) is 10.3 Å². The molecular weight excluding hydrogens is 267 g/mol. The van der Waals surface area contributed by atoms with Gasteiger partial charge in [-0.3, -0.25) is 4.79 Å². The lowest BCUT2D eigenvalue weighted by molar-refractivity contribution is 0.0949. The van der Waals surface area contributed by atoms with Crippen molar-refractivity contribution in [1.82, 2.24) is 10.3 Å². The molecule has 0 saturated carbocycles. The molecule has 0 atom stereocenters. The highest BCUT2D eigenvalue weighted by Crippen LogP contribution is 2.11. The molecule has 2 aromatic rings. The highest BCUT2D eigenvalue weighted by atomic mass is 35.5. The van der Waals surface area contributed by atoms with E-state index in [0.717, 1.165) is 5.56 Å². The summed E-state index contributed by atoms with van der Waals surface area (Å²) in [5.41, 5.74) is 1.16. The van der Waals surface area contributed by atoms with Crippen molar-refractivity contribution in [3.8, 4) is 0 Å². The number of aromatic nitrogens is 1. The number of benzene rings is 1. The van der Waals surface area contributed by atoms with Crippen molar-refractivity contribution in [2.24, 2.45) is 0 Å². The monoisotopic (exact) mass is 278 g/mol. The Bertz CT molecular complexity index is 572. The standard InChI is InChI=1S/C14H12ClFN2O/c15-12-2-1-8-17-13(12)14(19)18-9-7-10-3-5-11(16)6-4-10/h1-6,8H,7,9H2,(H,18,19). The van der Waals surface area contributed by atoms with E-state index >= 15 is 0 Å². The minimum Gasteiger partial charge on any atom is -0.350 e. The van der Waals surface area contributed by atoms with Crippen LogP contribution in [0.3, 0.4) is 0 Å². The maximum atomic E-state index is 12.7. The minimum absolute atomic E-state index is 0.211. The Kier molecular flexibility index (Phi) is 4.47. The van der Waals surface area contributed by atoms with Crippen LogP contribution in [0.25, 0.3) is 0 Å². The second kappa shape index (κ2) is 6.29. The Morgan fingerprint density at radius 1 is 1.26 bits per heavy atom. The van der Waals surface area contributed by atoms with Crippen molar-refractivity contribution in [2.45, 2.75) is 6.42 Å². The third-order valence-corrected chi connectivity index (χ3v) is 2.89. The van der Waals surface area contributed by atoms with E-state index in [1.807, 2.05) is 0 Å². The van der Waals surface area contributed by atoms with E-state index in [1.165, 1.54) is 18.3 Å². The summed E-state index contributed by atoms with van der Waals surface area (Å²) in [5.74, 6) is -0.583. The molecule has 0 unspecified atom stereocenters. The van der Waals surface area contributed by atoms with Crippen LogP contribution in [0.15, 0.2) is 42.6 Å².